The van der Waals surface area contributed by atoms with Gasteiger partial charge in [-0.2, -0.15) is 0 Å². The van der Waals surface area contributed by atoms with E-state index < -0.39 is 5.97 Å². The minimum atomic E-state index is -1.03. The number of carbonyl (C=O) groups excluding carboxylic acids is 1. The Morgan fingerprint density at radius 1 is 1.11 bits per heavy atom. The van der Waals surface area contributed by atoms with Crippen molar-refractivity contribution in [2.75, 3.05) is 26.2 Å². The molecule has 2 rings (SSSR count). The summed E-state index contributed by atoms with van der Waals surface area (Å²) in [5.41, 5.74) is 0. The largest absolute Gasteiger partial charge is 0.481 e. The van der Waals surface area contributed by atoms with Crippen LogP contribution < -0.4 is 0 Å². The van der Waals surface area contributed by atoms with Crippen molar-refractivity contribution in [3.8, 4) is 0 Å². The standard InChI is InChI=1S/C14H24N2O3/c1-11-4-2-3-5-12(11)15-6-8-16(9-7-15)13(17)10-14(18)19/h11-12H,2-10H2,1H3,(H,18,19). The second kappa shape index (κ2) is 6.37. The molecule has 1 heterocycles. The van der Waals surface area contributed by atoms with Crippen molar-refractivity contribution in [1.82, 2.24) is 9.80 Å². The number of aliphatic carboxylic acids is 1. The number of hydrogen-bond donors (Lipinski definition) is 1. The molecule has 1 amide bonds. The summed E-state index contributed by atoms with van der Waals surface area (Å²) in [7, 11) is 0. The van der Waals surface area contributed by atoms with Crippen LogP contribution >= 0.6 is 0 Å². The lowest BCUT2D eigenvalue weighted by atomic mass is 9.84. The van der Waals surface area contributed by atoms with Crippen molar-refractivity contribution in [1.29, 1.82) is 0 Å². The van der Waals surface area contributed by atoms with Gasteiger partial charge in [0.05, 0.1) is 0 Å². The monoisotopic (exact) mass is 268 g/mol. The summed E-state index contributed by atoms with van der Waals surface area (Å²) >= 11 is 0. The van der Waals surface area contributed by atoms with Crippen molar-refractivity contribution in [2.45, 2.75) is 45.1 Å². The van der Waals surface area contributed by atoms with Gasteiger partial charge >= 0.3 is 5.97 Å². The van der Waals surface area contributed by atoms with Gasteiger partial charge in [-0.1, -0.05) is 19.8 Å². The van der Waals surface area contributed by atoms with E-state index in [1.165, 1.54) is 25.7 Å². The van der Waals surface area contributed by atoms with Crippen LogP contribution in [0.5, 0.6) is 0 Å². The molecule has 2 atom stereocenters. The van der Waals surface area contributed by atoms with Crippen LogP contribution in [0.25, 0.3) is 0 Å². The van der Waals surface area contributed by atoms with Gasteiger partial charge < -0.3 is 10.0 Å². The number of carbonyl (C=O) groups is 2. The SMILES string of the molecule is CC1CCCCC1N1CCN(C(=O)CC(=O)O)CC1. The first kappa shape index (κ1) is 14.3. The second-order valence-corrected chi connectivity index (χ2v) is 5.82. The average Bonchev–Trinajstić information content (AvgIpc) is 2.39. The molecule has 1 aliphatic carbocycles. The molecular formula is C14H24N2O3. The van der Waals surface area contributed by atoms with Crippen molar-refractivity contribution in [3.05, 3.63) is 0 Å². The first-order valence-electron chi connectivity index (χ1n) is 7.31. The van der Waals surface area contributed by atoms with E-state index >= 15 is 0 Å². The molecule has 0 aromatic carbocycles. The molecule has 0 aromatic rings. The average molecular weight is 268 g/mol. The summed E-state index contributed by atoms with van der Waals surface area (Å²) in [4.78, 5) is 26.4. The van der Waals surface area contributed by atoms with E-state index in [4.69, 9.17) is 5.11 Å². The lowest BCUT2D eigenvalue weighted by Gasteiger charge is -2.43. The van der Waals surface area contributed by atoms with E-state index in [0.29, 0.717) is 19.1 Å². The summed E-state index contributed by atoms with van der Waals surface area (Å²) < 4.78 is 0. The molecule has 0 radical (unpaired) electrons. The molecular weight excluding hydrogens is 244 g/mol. The van der Waals surface area contributed by atoms with E-state index in [1.807, 2.05) is 0 Å². The van der Waals surface area contributed by atoms with Crippen LogP contribution in [0, 0.1) is 5.92 Å². The molecule has 0 spiro atoms. The second-order valence-electron chi connectivity index (χ2n) is 5.82. The topological polar surface area (TPSA) is 60.9 Å². The van der Waals surface area contributed by atoms with Crippen LogP contribution in [0.2, 0.25) is 0 Å². The number of hydrogen-bond acceptors (Lipinski definition) is 3. The minimum Gasteiger partial charge on any atom is -0.481 e. The smallest absolute Gasteiger partial charge is 0.312 e. The van der Waals surface area contributed by atoms with Gasteiger partial charge in [0.2, 0.25) is 5.91 Å². The van der Waals surface area contributed by atoms with Crippen LogP contribution in [-0.2, 0) is 9.59 Å². The number of carboxylic acid groups (broad SMARTS) is 1. The quantitative estimate of drug-likeness (QED) is 0.781. The molecule has 1 saturated carbocycles. The number of piperazine rings is 1. The van der Waals surface area contributed by atoms with Gasteiger partial charge in [-0.3, -0.25) is 14.5 Å². The van der Waals surface area contributed by atoms with Crippen molar-refractivity contribution in [3.63, 3.8) is 0 Å². The van der Waals surface area contributed by atoms with Gasteiger partial charge in [0.25, 0.3) is 0 Å². The maximum absolute atomic E-state index is 11.7. The number of nitrogens with zero attached hydrogens (tertiary/aromatic N) is 2. The maximum atomic E-state index is 11.7. The number of amides is 1. The Hall–Kier alpha value is -1.10. The Morgan fingerprint density at radius 3 is 2.32 bits per heavy atom. The lowest BCUT2D eigenvalue weighted by Crippen LogP contribution is -2.54. The normalized spacial score (nSPS) is 29.2. The zero-order valence-corrected chi connectivity index (χ0v) is 11.7. The molecule has 2 unspecified atom stereocenters. The molecule has 108 valence electrons. The van der Waals surface area contributed by atoms with Crippen LogP contribution in [0.4, 0.5) is 0 Å². The molecule has 2 aliphatic rings. The zero-order chi connectivity index (χ0) is 13.8. The van der Waals surface area contributed by atoms with Crippen LogP contribution in [0.15, 0.2) is 0 Å². The highest BCUT2D eigenvalue weighted by Crippen LogP contribution is 2.28. The van der Waals surface area contributed by atoms with E-state index in [1.54, 1.807) is 4.90 Å². The van der Waals surface area contributed by atoms with Crippen LogP contribution in [0.1, 0.15) is 39.0 Å². The Kier molecular flexibility index (Phi) is 4.80. The Balaban J connectivity index is 1.81. The highest BCUT2D eigenvalue weighted by atomic mass is 16.4. The van der Waals surface area contributed by atoms with Gasteiger partial charge in [0.1, 0.15) is 6.42 Å². The van der Waals surface area contributed by atoms with Gasteiger partial charge in [-0.25, -0.2) is 0 Å². The Bertz CT molecular complexity index is 338. The molecule has 0 bridgehead atoms. The summed E-state index contributed by atoms with van der Waals surface area (Å²) in [6.07, 6.45) is 4.86. The van der Waals surface area contributed by atoms with Crippen molar-refractivity contribution in [2.24, 2.45) is 5.92 Å². The molecule has 5 nitrogen and oxygen atoms in total. The highest BCUT2D eigenvalue weighted by Gasteiger charge is 2.30. The molecule has 5 heteroatoms. The van der Waals surface area contributed by atoms with Crippen LogP contribution in [0.3, 0.4) is 0 Å². The Morgan fingerprint density at radius 2 is 1.74 bits per heavy atom. The first-order valence-corrected chi connectivity index (χ1v) is 7.31. The Labute approximate surface area is 114 Å². The van der Waals surface area contributed by atoms with Gasteiger partial charge in [0, 0.05) is 32.2 Å². The van der Waals surface area contributed by atoms with E-state index in [2.05, 4.69) is 11.8 Å². The van der Waals surface area contributed by atoms with Crippen molar-refractivity contribution >= 4 is 11.9 Å². The summed E-state index contributed by atoms with van der Waals surface area (Å²) in [5, 5.41) is 8.65. The third kappa shape index (κ3) is 3.69. The lowest BCUT2D eigenvalue weighted by molar-refractivity contribution is -0.145. The first-order chi connectivity index (χ1) is 9.08. The predicted molar refractivity (Wildman–Crippen MR) is 71.8 cm³/mol. The maximum Gasteiger partial charge on any atom is 0.312 e. The highest BCUT2D eigenvalue weighted by molar-refractivity contribution is 5.93. The van der Waals surface area contributed by atoms with E-state index in [9.17, 15) is 9.59 Å². The third-order valence-electron chi connectivity index (χ3n) is 4.50. The van der Waals surface area contributed by atoms with Crippen molar-refractivity contribution < 1.29 is 14.7 Å². The summed E-state index contributed by atoms with van der Waals surface area (Å²) in [6.45, 7) is 5.46. The van der Waals surface area contributed by atoms with Gasteiger partial charge in [-0.05, 0) is 18.8 Å². The number of rotatable bonds is 3. The summed E-state index contributed by atoms with van der Waals surface area (Å²) in [5.74, 6) is -0.535. The molecule has 2 fully saturated rings. The third-order valence-corrected chi connectivity index (χ3v) is 4.50. The fourth-order valence-corrected chi connectivity index (χ4v) is 3.38. The zero-order valence-electron chi connectivity index (χ0n) is 11.7. The van der Waals surface area contributed by atoms with E-state index in [0.717, 1.165) is 19.0 Å². The van der Waals surface area contributed by atoms with Crippen LogP contribution in [-0.4, -0.2) is 59.0 Å². The molecule has 0 aromatic heterocycles. The molecule has 1 saturated heterocycles. The van der Waals surface area contributed by atoms with E-state index in [-0.39, 0.29) is 12.3 Å². The number of carboxylic acids is 1. The minimum absolute atomic E-state index is 0.246. The molecule has 1 N–H and O–H groups in total. The predicted octanol–water partition coefficient (Wildman–Crippen LogP) is 1.18. The van der Waals surface area contributed by atoms with Gasteiger partial charge in [0.15, 0.2) is 0 Å². The summed E-state index contributed by atoms with van der Waals surface area (Å²) in [6, 6.07) is 0.658. The fraction of sp³-hybridized carbons (Fsp3) is 0.857. The fourth-order valence-electron chi connectivity index (χ4n) is 3.38. The molecule has 19 heavy (non-hydrogen) atoms. The van der Waals surface area contributed by atoms with Gasteiger partial charge in [-0.15, -0.1) is 0 Å². The molecule has 1 aliphatic heterocycles.